The van der Waals surface area contributed by atoms with Gasteiger partial charge in [-0.2, -0.15) is 50.2 Å². The highest BCUT2D eigenvalue weighted by Crippen LogP contribution is 2.49. The van der Waals surface area contributed by atoms with Crippen molar-refractivity contribution >= 4 is 47.8 Å². The number of unbranched alkanes of at least 4 members (excludes halogenated alkanes) is 5. The lowest BCUT2D eigenvalue weighted by Gasteiger charge is -2.56. The smallest absolute Gasteiger partial charge is 0.267 e. The molecular formula is C82H142N16O6. The predicted octanol–water partition coefficient (Wildman–Crippen LogP) is 18.7. The van der Waals surface area contributed by atoms with Crippen LogP contribution >= 0.6 is 0 Å². The maximum atomic E-state index is 12.1. The van der Waals surface area contributed by atoms with Crippen LogP contribution in [0.4, 0.5) is 35.7 Å². The lowest BCUT2D eigenvalue weighted by molar-refractivity contribution is -0.314. The van der Waals surface area contributed by atoms with Crippen molar-refractivity contribution in [2.75, 3.05) is 46.6 Å². The van der Waals surface area contributed by atoms with Crippen molar-refractivity contribution in [3.05, 3.63) is 0 Å². The average Bonchev–Trinajstić information content (AvgIpc) is 0.775. The van der Waals surface area contributed by atoms with E-state index in [2.05, 4.69) is 161 Å². The van der Waals surface area contributed by atoms with Gasteiger partial charge in [0.25, 0.3) is 11.9 Å². The van der Waals surface area contributed by atoms with Gasteiger partial charge in [0.05, 0.1) is 24.4 Å². The molecule has 0 amide bonds. The molecule has 8 aliphatic rings. The number of isocyanates is 2. The van der Waals surface area contributed by atoms with E-state index in [4.69, 9.17) is 49.3 Å². The van der Waals surface area contributed by atoms with E-state index in [0.717, 1.165) is 167 Å². The minimum absolute atomic E-state index is 0.0432. The van der Waals surface area contributed by atoms with Gasteiger partial charge < -0.3 is 20.4 Å². The largest absolute Gasteiger partial charge is 0.354 e. The van der Waals surface area contributed by atoms with E-state index in [9.17, 15) is 9.59 Å². The molecule has 0 unspecified atom stereocenters. The number of anilines is 4. The second-order valence-corrected chi connectivity index (χ2v) is 38.4. The number of rotatable bonds is 33. The first kappa shape index (κ1) is 82.2. The number of nitrogens with one attached hydrogen (secondary N) is 2. The van der Waals surface area contributed by atoms with E-state index in [-0.39, 0.29) is 80.5 Å². The molecule has 4 saturated heterocycles. The summed E-state index contributed by atoms with van der Waals surface area (Å²) >= 11 is 0. The highest BCUT2D eigenvalue weighted by Gasteiger charge is 2.53. The van der Waals surface area contributed by atoms with E-state index >= 15 is 0 Å². The van der Waals surface area contributed by atoms with Crippen LogP contribution in [-0.4, -0.2) is 169 Å². The molecule has 0 atom stereocenters. The van der Waals surface area contributed by atoms with E-state index in [1.165, 1.54) is 77.0 Å². The van der Waals surface area contributed by atoms with Crippen molar-refractivity contribution < 1.29 is 28.9 Å². The molecule has 8 fully saturated rings. The second-order valence-electron chi connectivity index (χ2n) is 38.4. The van der Waals surface area contributed by atoms with Crippen molar-refractivity contribution in [3.8, 4) is 0 Å². The Morgan fingerprint density at radius 1 is 0.356 bits per heavy atom. The van der Waals surface area contributed by atoms with Gasteiger partial charge in [0.2, 0.25) is 36.0 Å². The molecule has 0 radical (unpaired) electrons. The zero-order chi connectivity index (χ0) is 74.6. The number of aromatic nitrogens is 6. The fourth-order valence-electron chi connectivity index (χ4n) is 21.3. The van der Waals surface area contributed by atoms with E-state index in [0.29, 0.717) is 74.0 Å². The summed E-state index contributed by atoms with van der Waals surface area (Å²) in [4.78, 5) is 94.7. The number of hydroxylamine groups is 8. The fourth-order valence-corrected chi connectivity index (χ4v) is 21.3. The van der Waals surface area contributed by atoms with E-state index in [1.807, 2.05) is 0 Å². The number of nitrogens with zero attached hydrogens (tertiary/aromatic N) is 14. The van der Waals surface area contributed by atoms with E-state index in [1.54, 1.807) is 12.2 Å². The van der Waals surface area contributed by atoms with Gasteiger partial charge in [-0.1, -0.05) is 116 Å². The summed E-state index contributed by atoms with van der Waals surface area (Å²) in [6.07, 6.45) is 46.3. The summed E-state index contributed by atoms with van der Waals surface area (Å²) < 4.78 is 0. The van der Waals surface area contributed by atoms with Crippen molar-refractivity contribution in [3.63, 3.8) is 0 Å². The van der Waals surface area contributed by atoms with Gasteiger partial charge in [0.15, 0.2) is 0 Å². The monoisotopic (exact) mass is 1450 g/mol. The molecule has 6 heterocycles. The Balaban J connectivity index is 0.826. The molecular weight excluding hydrogens is 1310 g/mol. The van der Waals surface area contributed by atoms with Gasteiger partial charge >= 0.3 is 0 Å². The van der Waals surface area contributed by atoms with Crippen molar-refractivity contribution in [2.24, 2.45) is 21.8 Å². The molecule has 586 valence electrons. The van der Waals surface area contributed by atoms with Gasteiger partial charge in [-0.15, -0.1) is 9.98 Å². The first-order chi connectivity index (χ1) is 49.3. The SMILES string of the molecule is CC1(C)CC(CCCCNc2nc(N=C=O)nc(N(CCCCCCN(c3nc(N=C=O)nc(NCCCCC4CC(C)(C)N(OC5CCCCC5)C(C)(C)C4)n3)C3CC(C)(C)N(OC4CCCCC4)C(C)(C)C3)C3CC(C)(C)N(OC4CCCCC4)C(C)(C)C3)n2)CC(C)(C)N1OC1CCCCC1. The number of aliphatic imine (C=N–C) groups is 2. The lowest BCUT2D eigenvalue weighted by atomic mass is 9.73. The van der Waals surface area contributed by atoms with Gasteiger partial charge in [-0.3, -0.25) is 19.4 Å². The highest BCUT2D eigenvalue weighted by molar-refractivity contribution is 5.49. The molecule has 22 heteroatoms. The highest BCUT2D eigenvalue weighted by atomic mass is 16.7. The normalized spacial score (nSPS) is 24.9. The Kier molecular flexibility index (Phi) is 28.4. The fraction of sp³-hybridized carbons (Fsp3) is 0.902. The predicted molar refractivity (Wildman–Crippen MR) is 416 cm³/mol. The molecule has 4 aliphatic carbocycles. The summed E-state index contributed by atoms with van der Waals surface area (Å²) in [5.41, 5.74) is -1.45. The molecule has 0 bridgehead atoms. The number of hydrogen-bond acceptors (Lipinski definition) is 22. The van der Waals surface area contributed by atoms with Crippen LogP contribution in [0.15, 0.2) is 9.98 Å². The minimum atomic E-state index is -0.313. The molecule has 2 N–H and O–H groups in total. The molecule has 4 aliphatic heterocycles. The third-order valence-corrected chi connectivity index (χ3v) is 24.8. The Morgan fingerprint density at radius 2 is 0.625 bits per heavy atom. The molecule has 2 aromatic rings. The van der Waals surface area contributed by atoms with Crippen LogP contribution in [-0.2, 0) is 28.9 Å². The Hall–Kier alpha value is -4.34. The zero-order valence-corrected chi connectivity index (χ0v) is 68.0. The molecule has 0 spiro atoms. The molecule has 4 saturated carbocycles. The number of hydrogen-bond donors (Lipinski definition) is 2. The van der Waals surface area contributed by atoms with Crippen molar-refractivity contribution in [1.82, 2.24) is 50.2 Å². The van der Waals surface area contributed by atoms with Crippen LogP contribution in [0.3, 0.4) is 0 Å². The summed E-state index contributed by atoms with van der Waals surface area (Å²) in [5, 5.41) is 16.5. The van der Waals surface area contributed by atoms with Gasteiger partial charge in [0.1, 0.15) is 0 Å². The zero-order valence-electron chi connectivity index (χ0n) is 68.0. The van der Waals surface area contributed by atoms with Crippen molar-refractivity contribution in [2.45, 2.75) is 436 Å². The average molecular weight is 1450 g/mol. The van der Waals surface area contributed by atoms with E-state index < -0.39 is 0 Å². The number of carbonyl (C=O) groups excluding carboxylic acids is 2. The summed E-state index contributed by atoms with van der Waals surface area (Å²) in [7, 11) is 0. The summed E-state index contributed by atoms with van der Waals surface area (Å²) in [5.74, 6) is 3.21. The number of piperidine rings is 4. The third kappa shape index (κ3) is 22.2. The van der Waals surface area contributed by atoms with Gasteiger partial charge in [-0.05, 0) is 251 Å². The van der Waals surface area contributed by atoms with Crippen LogP contribution in [0, 0.1) is 11.8 Å². The molecule has 104 heavy (non-hydrogen) atoms. The first-order valence-electron chi connectivity index (χ1n) is 41.9. The van der Waals surface area contributed by atoms with Crippen LogP contribution in [0.25, 0.3) is 0 Å². The third-order valence-electron chi connectivity index (χ3n) is 24.8. The quantitative estimate of drug-likeness (QED) is 0.0386. The van der Waals surface area contributed by atoms with Crippen LogP contribution < -0.4 is 20.4 Å². The first-order valence-corrected chi connectivity index (χ1v) is 41.9. The van der Waals surface area contributed by atoms with Crippen LogP contribution in [0.2, 0.25) is 0 Å². The van der Waals surface area contributed by atoms with Gasteiger partial charge in [-0.25, -0.2) is 9.59 Å². The Bertz CT molecular complexity index is 2830. The van der Waals surface area contributed by atoms with Crippen LogP contribution in [0.5, 0.6) is 0 Å². The summed E-state index contributed by atoms with van der Waals surface area (Å²) in [6, 6.07) is 0.0865. The molecule has 0 aromatic carbocycles. The maximum Gasteiger partial charge on any atom is 0.267 e. The Labute approximate surface area is 628 Å². The standard InChI is InChI=1S/C82H142N16O6/c1-75(2)51-61(52-76(3,4)95(75)101-65-39-23-19-24-40-65)37-31-33-47-83-69-87-71(85-59-99)91-73(89-69)93(63-55-79(9,10)97(80(11,12)56-63)103-67-43-27-21-28-44-67)49-35-17-18-36-50-94(64-57-81(13,14)98(82(15,16)58-64)104-68-45-29-22-30-46-68)74-90-70(88-72(92-74)86-60-100)84-48-34-32-38-62-53-77(5,6)96(78(7,8)54-62)102-66-41-25-20-26-42-66/h61-68H,17-58H2,1-16H3,(H,83,87,89,91)(H,84,88,90,92). The summed E-state index contributed by atoms with van der Waals surface area (Å²) in [6.45, 7) is 40.3. The molecule has 2 aromatic heterocycles. The minimum Gasteiger partial charge on any atom is -0.354 e. The molecule has 22 nitrogen and oxygen atoms in total. The molecule has 10 rings (SSSR count). The topological polar surface area (TPSA) is 217 Å². The van der Waals surface area contributed by atoms with Gasteiger partial charge in [0, 0.05) is 82.6 Å². The Morgan fingerprint density at radius 3 is 0.894 bits per heavy atom. The van der Waals surface area contributed by atoms with Crippen LogP contribution in [0.1, 0.15) is 355 Å². The second kappa shape index (κ2) is 36.0. The lowest BCUT2D eigenvalue weighted by Crippen LogP contribution is -2.65. The van der Waals surface area contributed by atoms with Crippen molar-refractivity contribution in [1.29, 1.82) is 0 Å². The maximum absolute atomic E-state index is 12.1.